The molecule has 6 heteroatoms. The van der Waals surface area contributed by atoms with Crippen LogP contribution in [0.3, 0.4) is 0 Å². The fourth-order valence-corrected chi connectivity index (χ4v) is 2.47. The third-order valence-corrected chi connectivity index (χ3v) is 3.60. The summed E-state index contributed by atoms with van der Waals surface area (Å²) in [4.78, 5) is 25.2. The average Bonchev–Trinajstić information content (AvgIpc) is 3.05. The van der Waals surface area contributed by atoms with Crippen LogP contribution in [0.4, 0.5) is 0 Å². The van der Waals surface area contributed by atoms with Crippen LogP contribution < -0.4 is 14.8 Å². The van der Waals surface area contributed by atoms with Crippen LogP contribution in [0.2, 0.25) is 0 Å². The van der Waals surface area contributed by atoms with Crippen molar-refractivity contribution in [3.05, 3.63) is 23.8 Å². The standard InChI is InChI=1S/C14H16N2O4/c1-9(17)16-5-4-11(7-16)15-14(18)10-2-3-12-13(6-10)20-8-19-12/h2-3,6,11H,4-5,7-8H2,1H3,(H,15,18). The Morgan fingerprint density at radius 3 is 2.85 bits per heavy atom. The summed E-state index contributed by atoms with van der Waals surface area (Å²) < 4.78 is 10.5. The van der Waals surface area contributed by atoms with Crippen LogP contribution in [-0.4, -0.2) is 42.6 Å². The molecule has 0 spiro atoms. The van der Waals surface area contributed by atoms with Crippen molar-refractivity contribution >= 4 is 11.8 Å². The van der Waals surface area contributed by atoms with Gasteiger partial charge in [-0.05, 0) is 24.6 Å². The summed E-state index contributed by atoms with van der Waals surface area (Å²) in [6.45, 7) is 3.01. The van der Waals surface area contributed by atoms with E-state index in [1.165, 1.54) is 0 Å². The molecule has 0 radical (unpaired) electrons. The van der Waals surface area contributed by atoms with E-state index in [1.54, 1.807) is 30.0 Å². The molecule has 2 heterocycles. The highest BCUT2D eigenvalue weighted by molar-refractivity contribution is 5.95. The van der Waals surface area contributed by atoms with Gasteiger partial charge >= 0.3 is 0 Å². The molecule has 0 bridgehead atoms. The second-order valence-corrected chi connectivity index (χ2v) is 4.99. The van der Waals surface area contributed by atoms with Gasteiger partial charge in [0, 0.05) is 31.6 Å². The Bertz CT molecular complexity index is 558. The lowest BCUT2D eigenvalue weighted by molar-refractivity contribution is -0.127. The number of ether oxygens (including phenoxy) is 2. The van der Waals surface area contributed by atoms with Crippen LogP contribution in [0.15, 0.2) is 18.2 Å². The van der Waals surface area contributed by atoms with E-state index in [-0.39, 0.29) is 24.6 Å². The minimum absolute atomic E-state index is 0.0109. The van der Waals surface area contributed by atoms with Crippen molar-refractivity contribution in [2.24, 2.45) is 0 Å². The highest BCUT2D eigenvalue weighted by Crippen LogP contribution is 2.32. The first-order valence-electron chi connectivity index (χ1n) is 6.59. The van der Waals surface area contributed by atoms with E-state index >= 15 is 0 Å². The van der Waals surface area contributed by atoms with Crippen molar-refractivity contribution in [3.63, 3.8) is 0 Å². The Morgan fingerprint density at radius 2 is 2.10 bits per heavy atom. The summed E-state index contributed by atoms with van der Waals surface area (Å²) in [7, 11) is 0. The summed E-state index contributed by atoms with van der Waals surface area (Å²) in [5.74, 6) is 1.14. The largest absolute Gasteiger partial charge is 0.454 e. The molecule has 1 unspecified atom stereocenters. The van der Waals surface area contributed by atoms with Crippen molar-refractivity contribution in [1.29, 1.82) is 0 Å². The number of likely N-dealkylation sites (tertiary alicyclic amines) is 1. The summed E-state index contributed by atoms with van der Waals surface area (Å²) in [5, 5.41) is 2.94. The normalized spacial score (nSPS) is 20.1. The third kappa shape index (κ3) is 2.41. The van der Waals surface area contributed by atoms with Crippen LogP contribution in [0.1, 0.15) is 23.7 Å². The van der Waals surface area contributed by atoms with Crippen LogP contribution >= 0.6 is 0 Å². The lowest BCUT2D eigenvalue weighted by atomic mass is 10.1. The van der Waals surface area contributed by atoms with Gasteiger partial charge in [-0.3, -0.25) is 9.59 Å². The van der Waals surface area contributed by atoms with Gasteiger partial charge in [0.25, 0.3) is 5.91 Å². The van der Waals surface area contributed by atoms with E-state index < -0.39 is 0 Å². The summed E-state index contributed by atoms with van der Waals surface area (Å²) in [5.41, 5.74) is 0.538. The molecule has 0 aliphatic carbocycles. The van der Waals surface area contributed by atoms with Crippen LogP contribution in [-0.2, 0) is 4.79 Å². The van der Waals surface area contributed by atoms with Gasteiger partial charge in [-0.25, -0.2) is 0 Å². The van der Waals surface area contributed by atoms with Crippen molar-refractivity contribution in [2.45, 2.75) is 19.4 Å². The zero-order valence-electron chi connectivity index (χ0n) is 11.2. The molecule has 6 nitrogen and oxygen atoms in total. The molecule has 20 heavy (non-hydrogen) atoms. The molecule has 0 aromatic heterocycles. The predicted molar refractivity (Wildman–Crippen MR) is 70.7 cm³/mol. The number of nitrogens with one attached hydrogen (secondary N) is 1. The minimum atomic E-state index is -0.154. The van der Waals surface area contributed by atoms with E-state index in [9.17, 15) is 9.59 Å². The molecule has 1 atom stereocenters. The Hall–Kier alpha value is -2.24. The van der Waals surface area contributed by atoms with Gasteiger partial charge in [0.2, 0.25) is 12.7 Å². The molecule has 2 aliphatic rings. The highest BCUT2D eigenvalue weighted by Gasteiger charge is 2.26. The van der Waals surface area contributed by atoms with E-state index in [0.717, 1.165) is 6.42 Å². The van der Waals surface area contributed by atoms with Gasteiger partial charge in [0.1, 0.15) is 0 Å². The topological polar surface area (TPSA) is 67.9 Å². The fourth-order valence-electron chi connectivity index (χ4n) is 2.47. The quantitative estimate of drug-likeness (QED) is 0.866. The minimum Gasteiger partial charge on any atom is -0.454 e. The number of hydrogen-bond acceptors (Lipinski definition) is 4. The SMILES string of the molecule is CC(=O)N1CCC(NC(=O)c2ccc3c(c2)OCO3)C1. The Labute approximate surface area is 116 Å². The van der Waals surface area contributed by atoms with Gasteiger partial charge in [0.05, 0.1) is 0 Å². The second-order valence-electron chi connectivity index (χ2n) is 4.99. The summed E-state index contributed by atoms with van der Waals surface area (Å²) in [6.07, 6.45) is 0.788. The molecule has 0 saturated carbocycles. The van der Waals surface area contributed by atoms with Crippen molar-refractivity contribution in [3.8, 4) is 11.5 Å². The number of nitrogens with zero attached hydrogens (tertiary/aromatic N) is 1. The first kappa shape index (κ1) is 12.8. The smallest absolute Gasteiger partial charge is 0.251 e. The van der Waals surface area contributed by atoms with E-state index in [1.807, 2.05) is 0 Å². The number of rotatable bonds is 2. The van der Waals surface area contributed by atoms with Gasteiger partial charge < -0.3 is 19.7 Å². The maximum absolute atomic E-state index is 12.2. The second kappa shape index (κ2) is 5.03. The summed E-state index contributed by atoms with van der Waals surface area (Å²) in [6, 6.07) is 5.13. The molecular weight excluding hydrogens is 260 g/mol. The molecule has 1 aromatic carbocycles. The Kier molecular flexibility index (Phi) is 3.22. The average molecular weight is 276 g/mol. The first-order valence-corrected chi connectivity index (χ1v) is 6.59. The van der Waals surface area contributed by atoms with Crippen LogP contribution in [0, 0.1) is 0 Å². The number of carbonyl (C=O) groups excluding carboxylic acids is 2. The highest BCUT2D eigenvalue weighted by atomic mass is 16.7. The molecule has 2 aliphatic heterocycles. The van der Waals surface area contributed by atoms with Gasteiger partial charge in [-0.1, -0.05) is 0 Å². The van der Waals surface area contributed by atoms with Crippen LogP contribution in [0.5, 0.6) is 11.5 Å². The van der Waals surface area contributed by atoms with Gasteiger partial charge in [-0.15, -0.1) is 0 Å². The van der Waals surface area contributed by atoms with Crippen molar-refractivity contribution in [1.82, 2.24) is 10.2 Å². The zero-order chi connectivity index (χ0) is 14.1. The zero-order valence-corrected chi connectivity index (χ0v) is 11.2. The third-order valence-electron chi connectivity index (χ3n) is 3.60. The molecular formula is C14H16N2O4. The number of carbonyl (C=O) groups is 2. The lowest BCUT2D eigenvalue weighted by Gasteiger charge is -2.15. The maximum atomic E-state index is 12.2. The number of benzene rings is 1. The predicted octanol–water partition coefficient (Wildman–Crippen LogP) is 0.766. The van der Waals surface area contributed by atoms with Gasteiger partial charge in [0.15, 0.2) is 11.5 Å². The first-order chi connectivity index (χ1) is 9.63. The van der Waals surface area contributed by atoms with Crippen LogP contribution in [0.25, 0.3) is 0 Å². The number of amides is 2. The Balaban J connectivity index is 1.64. The molecule has 2 amide bonds. The number of hydrogen-bond donors (Lipinski definition) is 1. The molecule has 1 fully saturated rings. The van der Waals surface area contributed by atoms with E-state index in [4.69, 9.17) is 9.47 Å². The van der Waals surface area contributed by atoms with E-state index in [2.05, 4.69) is 5.32 Å². The number of fused-ring (bicyclic) bond motifs is 1. The monoisotopic (exact) mass is 276 g/mol. The lowest BCUT2D eigenvalue weighted by Crippen LogP contribution is -2.37. The van der Waals surface area contributed by atoms with Crippen molar-refractivity contribution < 1.29 is 19.1 Å². The molecule has 3 rings (SSSR count). The van der Waals surface area contributed by atoms with E-state index in [0.29, 0.717) is 30.2 Å². The molecule has 1 saturated heterocycles. The Morgan fingerprint density at radius 1 is 1.30 bits per heavy atom. The maximum Gasteiger partial charge on any atom is 0.251 e. The fraction of sp³-hybridized carbons (Fsp3) is 0.429. The summed E-state index contributed by atoms with van der Waals surface area (Å²) >= 11 is 0. The molecule has 106 valence electrons. The van der Waals surface area contributed by atoms with Gasteiger partial charge in [-0.2, -0.15) is 0 Å². The molecule has 1 aromatic rings. The molecule has 1 N–H and O–H groups in total. The van der Waals surface area contributed by atoms with Crippen molar-refractivity contribution in [2.75, 3.05) is 19.9 Å².